The zero-order valence-electron chi connectivity index (χ0n) is 10.1. The van der Waals surface area contributed by atoms with Gasteiger partial charge in [0, 0.05) is 11.9 Å². The van der Waals surface area contributed by atoms with Crippen LogP contribution in [0, 0.1) is 0 Å². The summed E-state index contributed by atoms with van der Waals surface area (Å²) >= 11 is 11.6. The highest BCUT2D eigenvalue weighted by atomic mass is 35.5. The van der Waals surface area contributed by atoms with Crippen molar-refractivity contribution in [1.29, 1.82) is 0 Å². The quantitative estimate of drug-likeness (QED) is 0.838. The largest absolute Gasteiger partial charge is 0.318 e. The number of amides is 2. The minimum Gasteiger partial charge on any atom is -0.318 e. The highest BCUT2D eigenvalue weighted by Gasteiger charge is 2.14. The standard InChI is InChI=1S/C13H9Cl2N3O2/c14-10-4-3-8(6-11(10)15)17-12(19)13(20)18-9-2-1-5-16-7-9/h1-7H,(H,17,19)(H,18,20). The molecule has 0 aliphatic rings. The summed E-state index contributed by atoms with van der Waals surface area (Å²) in [6, 6.07) is 7.80. The van der Waals surface area contributed by atoms with Gasteiger partial charge in [-0.25, -0.2) is 0 Å². The summed E-state index contributed by atoms with van der Waals surface area (Å²) in [5.41, 5.74) is 0.813. The number of aromatic nitrogens is 1. The van der Waals surface area contributed by atoms with Crippen molar-refractivity contribution >= 4 is 46.4 Å². The molecule has 20 heavy (non-hydrogen) atoms. The first kappa shape index (κ1) is 14.3. The molecule has 0 unspecified atom stereocenters. The van der Waals surface area contributed by atoms with E-state index in [1.54, 1.807) is 24.4 Å². The summed E-state index contributed by atoms with van der Waals surface area (Å²) in [7, 11) is 0. The Morgan fingerprint density at radius 1 is 0.950 bits per heavy atom. The summed E-state index contributed by atoms with van der Waals surface area (Å²) in [5, 5.41) is 5.49. The van der Waals surface area contributed by atoms with E-state index in [9.17, 15) is 9.59 Å². The van der Waals surface area contributed by atoms with Crippen molar-refractivity contribution in [1.82, 2.24) is 4.98 Å². The van der Waals surface area contributed by atoms with Crippen LogP contribution >= 0.6 is 23.2 Å². The zero-order valence-corrected chi connectivity index (χ0v) is 11.6. The monoisotopic (exact) mass is 309 g/mol. The predicted octanol–water partition coefficient (Wildman–Crippen LogP) is 2.97. The number of hydrogen-bond donors (Lipinski definition) is 2. The summed E-state index contributed by atoms with van der Waals surface area (Å²) in [6.45, 7) is 0. The van der Waals surface area contributed by atoms with Gasteiger partial charge in [0.15, 0.2) is 0 Å². The number of carbonyl (C=O) groups excluding carboxylic acids is 2. The van der Waals surface area contributed by atoms with Gasteiger partial charge in [0.05, 0.1) is 21.9 Å². The maximum Gasteiger partial charge on any atom is 0.314 e. The van der Waals surface area contributed by atoms with E-state index in [0.717, 1.165) is 0 Å². The van der Waals surface area contributed by atoms with E-state index < -0.39 is 11.8 Å². The van der Waals surface area contributed by atoms with Crippen molar-refractivity contribution in [3.8, 4) is 0 Å². The first-order chi connectivity index (χ1) is 9.56. The smallest absolute Gasteiger partial charge is 0.314 e. The van der Waals surface area contributed by atoms with Crippen LogP contribution in [-0.2, 0) is 9.59 Å². The Labute approximate surface area is 124 Å². The lowest BCUT2D eigenvalue weighted by Crippen LogP contribution is -2.29. The van der Waals surface area contributed by atoms with Gasteiger partial charge < -0.3 is 10.6 Å². The molecule has 0 aliphatic heterocycles. The molecule has 0 saturated heterocycles. The predicted molar refractivity (Wildman–Crippen MR) is 78.0 cm³/mol. The van der Waals surface area contributed by atoms with Crippen LogP contribution in [0.5, 0.6) is 0 Å². The molecule has 0 aliphatic carbocycles. The second kappa shape index (κ2) is 6.36. The second-order valence-electron chi connectivity index (χ2n) is 3.78. The van der Waals surface area contributed by atoms with Crippen molar-refractivity contribution in [3.63, 3.8) is 0 Å². The average molecular weight is 310 g/mol. The number of nitrogens with one attached hydrogen (secondary N) is 2. The summed E-state index contributed by atoms with van der Waals surface area (Å²) in [6.07, 6.45) is 3.00. The molecule has 1 aromatic heterocycles. The molecule has 0 atom stereocenters. The van der Waals surface area contributed by atoms with Crippen molar-refractivity contribution in [2.45, 2.75) is 0 Å². The fourth-order valence-corrected chi connectivity index (χ4v) is 1.68. The van der Waals surface area contributed by atoms with Gasteiger partial charge >= 0.3 is 11.8 Å². The third-order valence-electron chi connectivity index (χ3n) is 2.30. The molecule has 0 spiro atoms. The number of rotatable bonds is 2. The molecule has 1 aromatic carbocycles. The van der Waals surface area contributed by atoms with Crippen LogP contribution in [0.2, 0.25) is 10.0 Å². The lowest BCUT2D eigenvalue weighted by molar-refractivity contribution is -0.133. The molecule has 7 heteroatoms. The summed E-state index contributed by atoms with van der Waals surface area (Å²) in [5.74, 6) is -1.61. The van der Waals surface area contributed by atoms with Crippen molar-refractivity contribution < 1.29 is 9.59 Å². The molecule has 5 nitrogen and oxygen atoms in total. The average Bonchev–Trinajstić information content (AvgIpc) is 2.44. The van der Waals surface area contributed by atoms with Crippen molar-refractivity contribution in [2.75, 3.05) is 10.6 Å². The first-order valence-electron chi connectivity index (χ1n) is 5.53. The fourth-order valence-electron chi connectivity index (χ4n) is 1.39. The molecule has 0 radical (unpaired) electrons. The van der Waals surface area contributed by atoms with Crippen molar-refractivity contribution in [2.24, 2.45) is 0 Å². The fraction of sp³-hybridized carbons (Fsp3) is 0. The van der Waals surface area contributed by atoms with Crippen molar-refractivity contribution in [3.05, 3.63) is 52.8 Å². The molecule has 2 amide bonds. The third kappa shape index (κ3) is 3.69. The molecule has 1 heterocycles. The molecular formula is C13H9Cl2N3O2. The molecule has 0 bridgehead atoms. The molecule has 102 valence electrons. The number of nitrogens with zero attached hydrogens (tertiary/aromatic N) is 1. The van der Waals surface area contributed by atoms with Crippen LogP contribution in [0.3, 0.4) is 0 Å². The molecule has 2 aromatic rings. The summed E-state index contributed by atoms with van der Waals surface area (Å²) in [4.78, 5) is 27.2. The lowest BCUT2D eigenvalue weighted by Gasteiger charge is -2.07. The second-order valence-corrected chi connectivity index (χ2v) is 4.59. The van der Waals surface area contributed by atoms with Crippen LogP contribution < -0.4 is 10.6 Å². The topological polar surface area (TPSA) is 71.1 Å². The van der Waals surface area contributed by atoms with E-state index >= 15 is 0 Å². The molecule has 2 rings (SSSR count). The van der Waals surface area contributed by atoms with Gasteiger partial charge in [0.1, 0.15) is 0 Å². The first-order valence-corrected chi connectivity index (χ1v) is 6.29. The van der Waals surface area contributed by atoms with E-state index in [-0.39, 0.29) is 5.02 Å². The van der Waals surface area contributed by atoms with E-state index in [0.29, 0.717) is 16.4 Å². The van der Waals surface area contributed by atoms with Gasteiger partial charge in [-0.15, -0.1) is 0 Å². The molecular weight excluding hydrogens is 301 g/mol. The van der Waals surface area contributed by atoms with Gasteiger partial charge in [-0.3, -0.25) is 14.6 Å². The molecule has 2 N–H and O–H groups in total. The summed E-state index contributed by atoms with van der Waals surface area (Å²) < 4.78 is 0. The van der Waals surface area contributed by atoms with Crippen LogP contribution in [0.1, 0.15) is 0 Å². The Hall–Kier alpha value is -2.11. The number of halogens is 2. The Morgan fingerprint density at radius 2 is 1.65 bits per heavy atom. The van der Waals surface area contributed by atoms with Crippen LogP contribution in [0.4, 0.5) is 11.4 Å². The van der Waals surface area contributed by atoms with Gasteiger partial charge in [-0.2, -0.15) is 0 Å². The third-order valence-corrected chi connectivity index (χ3v) is 3.04. The number of benzene rings is 1. The Morgan fingerprint density at radius 3 is 2.25 bits per heavy atom. The van der Waals surface area contributed by atoms with Gasteiger partial charge in [0.2, 0.25) is 0 Å². The highest BCUT2D eigenvalue weighted by Crippen LogP contribution is 2.24. The Balaban J connectivity index is 2.01. The van der Waals surface area contributed by atoms with E-state index in [1.165, 1.54) is 18.3 Å². The highest BCUT2D eigenvalue weighted by molar-refractivity contribution is 6.44. The maximum atomic E-state index is 11.7. The molecule has 0 saturated carbocycles. The van der Waals surface area contributed by atoms with Crippen LogP contribution in [0.25, 0.3) is 0 Å². The number of pyridine rings is 1. The molecule has 0 fully saturated rings. The Bertz CT molecular complexity index is 647. The van der Waals surface area contributed by atoms with Gasteiger partial charge in [0.25, 0.3) is 0 Å². The number of hydrogen-bond acceptors (Lipinski definition) is 3. The number of anilines is 2. The van der Waals surface area contributed by atoms with Crippen LogP contribution in [0.15, 0.2) is 42.7 Å². The van der Waals surface area contributed by atoms with Gasteiger partial charge in [-0.1, -0.05) is 23.2 Å². The lowest BCUT2D eigenvalue weighted by atomic mass is 10.3. The maximum absolute atomic E-state index is 11.7. The van der Waals surface area contributed by atoms with Gasteiger partial charge in [-0.05, 0) is 30.3 Å². The SMILES string of the molecule is O=C(Nc1cccnc1)C(=O)Nc1ccc(Cl)c(Cl)c1. The number of carbonyl (C=O) groups is 2. The van der Waals surface area contributed by atoms with E-state index in [1.807, 2.05) is 0 Å². The normalized spacial score (nSPS) is 9.90. The minimum atomic E-state index is -0.813. The van der Waals surface area contributed by atoms with E-state index in [4.69, 9.17) is 23.2 Å². The van der Waals surface area contributed by atoms with E-state index in [2.05, 4.69) is 15.6 Å². The van der Waals surface area contributed by atoms with Crippen LogP contribution in [-0.4, -0.2) is 16.8 Å². The zero-order chi connectivity index (χ0) is 14.5. The Kier molecular flexibility index (Phi) is 4.55. The minimum absolute atomic E-state index is 0.289.